The molecule has 1 heterocycles. The number of carbonyl (C=O) groups excluding carboxylic acids is 2. The second kappa shape index (κ2) is 7.34. The third-order valence-electron chi connectivity index (χ3n) is 3.80. The minimum Gasteiger partial charge on any atom is -0.507 e. The second-order valence-corrected chi connectivity index (χ2v) is 7.56. The number of aromatic hydroxyl groups is 1. The van der Waals surface area contributed by atoms with E-state index in [-0.39, 0.29) is 16.4 Å². The Kier molecular flexibility index (Phi) is 5.31. The van der Waals surface area contributed by atoms with Crippen LogP contribution >= 0.6 is 46.4 Å². The Morgan fingerprint density at radius 1 is 1.23 bits per heavy atom. The van der Waals surface area contributed by atoms with Crippen LogP contribution in [0.15, 0.2) is 42.0 Å². The Balaban J connectivity index is 2.03. The van der Waals surface area contributed by atoms with Gasteiger partial charge in [-0.05, 0) is 83.2 Å². The highest BCUT2D eigenvalue weighted by Gasteiger charge is 2.34. The fourth-order valence-corrected chi connectivity index (χ4v) is 3.39. The van der Waals surface area contributed by atoms with Crippen LogP contribution in [0.2, 0.25) is 5.02 Å². The highest BCUT2D eigenvalue weighted by molar-refractivity contribution is 14.1. The molecule has 0 saturated carbocycles. The van der Waals surface area contributed by atoms with Crippen molar-refractivity contribution in [2.45, 2.75) is 6.92 Å². The molecule has 2 aromatic carbocycles. The number of amides is 2. The van der Waals surface area contributed by atoms with Crippen molar-refractivity contribution >= 4 is 75.1 Å². The quantitative estimate of drug-likeness (QED) is 0.286. The monoisotopic (exact) mass is 498 g/mol. The lowest BCUT2D eigenvalue weighted by Gasteiger charge is -2.29. The summed E-state index contributed by atoms with van der Waals surface area (Å²) in [5, 5.41) is 12.6. The summed E-state index contributed by atoms with van der Waals surface area (Å²) in [4.78, 5) is 26.4. The van der Waals surface area contributed by atoms with Gasteiger partial charge in [-0.2, -0.15) is 0 Å². The fraction of sp³-hybridized carbons (Fsp3) is 0.0556. The number of benzene rings is 2. The third kappa shape index (κ3) is 3.60. The van der Waals surface area contributed by atoms with Crippen molar-refractivity contribution in [2.75, 3.05) is 4.90 Å². The zero-order valence-corrected chi connectivity index (χ0v) is 17.1. The Morgan fingerprint density at radius 2 is 1.96 bits per heavy atom. The number of hydrogen-bond acceptors (Lipinski definition) is 4. The number of rotatable bonds is 2. The average molecular weight is 499 g/mol. The molecule has 1 saturated heterocycles. The molecule has 0 aromatic heterocycles. The molecular formula is C18H12ClIN2O3S. The molecule has 2 N–H and O–H groups in total. The molecule has 0 unspecified atom stereocenters. The molecule has 2 aromatic rings. The van der Waals surface area contributed by atoms with Gasteiger partial charge in [-0.15, -0.1) is 0 Å². The van der Waals surface area contributed by atoms with E-state index in [1.165, 1.54) is 17.0 Å². The Labute approximate surface area is 173 Å². The number of hydrogen-bond donors (Lipinski definition) is 2. The molecule has 0 radical (unpaired) electrons. The van der Waals surface area contributed by atoms with E-state index in [0.29, 0.717) is 19.8 Å². The highest BCUT2D eigenvalue weighted by Crippen LogP contribution is 2.27. The lowest BCUT2D eigenvalue weighted by atomic mass is 10.1. The summed E-state index contributed by atoms with van der Waals surface area (Å²) in [6, 6.07) is 9.90. The molecule has 26 heavy (non-hydrogen) atoms. The molecule has 0 spiro atoms. The van der Waals surface area contributed by atoms with Gasteiger partial charge >= 0.3 is 0 Å². The molecule has 3 rings (SSSR count). The number of phenols is 1. The lowest BCUT2D eigenvalue weighted by Crippen LogP contribution is -2.54. The number of anilines is 1. The summed E-state index contributed by atoms with van der Waals surface area (Å²) in [7, 11) is 0. The summed E-state index contributed by atoms with van der Waals surface area (Å²) < 4.78 is 0.610. The lowest BCUT2D eigenvalue weighted by molar-refractivity contribution is -0.122. The Morgan fingerprint density at radius 3 is 2.62 bits per heavy atom. The molecule has 1 aliphatic heterocycles. The van der Waals surface area contributed by atoms with Crippen LogP contribution in [0.1, 0.15) is 11.1 Å². The van der Waals surface area contributed by atoms with Crippen molar-refractivity contribution in [3.63, 3.8) is 0 Å². The van der Waals surface area contributed by atoms with Gasteiger partial charge in [0.15, 0.2) is 5.11 Å². The van der Waals surface area contributed by atoms with Crippen LogP contribution in [-0.4, -0.2) is 22.0 Å². The number of nitrogens with one attached hydrogen (secondary N) is 1. The van der Waals surface area contributed by atoms with Gasteiger partial charge in [0.25, 0.3) is 11.8 Å². The number of thiocarbonyl (C=S) groups is 1. The number of aryl methyl sites for hydroxylation is 1. The van der Waals surface area contributed by atoms with Gasteiger partial charge in [0.05, 0.1) is 9.26 Å². The molecule has 1 aliphatic rings. The maximum atomic E-state index is 12.9. The zero-order valence-electron chi connectivity index (χ0n) is 13.4. The van der Waals surface area contributed by atoms with Gasteiger partial charge in [0.2, 0.25) is 0 Å². The standard InChI is InChI=1S/C18H12ClIN2O3S/c1-9-2-4-11(8-13(9)19)22-17(25)12(16(24)21-18(22)26)6-10-3-5-15(23)14(20)7-10/h2-8,23H,1H3,(H,21,24,26)/b12-6+. The van der Waals surface area contributed by atoms with Crippen molar-refractivity contribution in [3.05, 3.63) is 61.7 Å². The largest absolute Gasteiger partial charge is 0.507 e. The fourth-order valence-electron chi connectivity index (χ4n) is 2.39. The number of halogens is 2. The van der Waals surface area contributed by atoms with Crippen LogP contribution in [0.25, 0.3) is 6.08 Å². The van der Waals surface area contributed by atoms with Gasteiger partial charge in [-0.25, -0.2) is 0 Å². The Hall–Kier alpha value is -1.97. The van der Waals surface area contributed by atoms with E-state index in [9.17, 15) is 14.7 Å². The summed E-state index contributed by atoms with van der Waals surface area (Å²) in [5.41, 5.74) is 1.89. The topological polar surface area (TPSA) is 69.6 Å². The van der Waals surface area contributed by atoms with E-state index < -0.39 is 11.8 Å². The van der Waals surface area contributed by atoms with Crippen LogP contribution in [0.4, 0.5) is 5.69 Å². The summed E-state index contributed by atoms with van der Waals surface area (Å²) in [6.07, 6.45) is 1.46. The summed E-state index contributed by atoms with van der Waals surface area (Å²) >= 11 is 13.3. The van der Waals surface area contributed by atoms with Gasteiger partial charge in [-0.3, -0.25) is 19.8 Å². The van der Waals surface area contributed by atoms with E-state index in [1.807, 2.05) is 29.5 Å². The SMILES string of the molecule is Cc1ccc(N2C(=O)/C(=C/c3ccc(O)c(I)c3)C(=O)NC2=S)cc1Cl. The molecule has 1 fully saturated rings. The maximum absolute atomic E-state index is 12.9. The third-order valence-corrected chi connectivity index (χ3v) is 5.35. The first-order valence-electron chi connectivity index (χ1n) is 7.44. The van der Waals surface area contributed by atoms with Crippen LogP contribution in [0.5, 0.6) is 5.75 Å². The average Bonchev–Trinajstić information content (AvgIpc) is 2.57. The summed E-state index contributed by atoms with van der Waals surface area (Å²) in [6.45, 7) is 1.85. The Bertz CT molecular complexity index is 990. The summed E-state index contributed by atoms with van der Waals surface area (Å²) in [5.74, 6) is -0.983. The molecule has 2 amide bonds. The van der Waals surface area contributed by atoms with E-state index in [4.69, 9.17) is 23.8 Å². The van der Waals surface area contributed by atoms with Crippen LogP contribution in [-0.2, 0) is 9.59 Å². The van der Waals surface area contributed by atoms with E-state index in [1.54, 1.807) is 30.3 Å². The van der Waals surface area contributed by atoms with Crippen LogP contribution < -0.4 is 10.2 Å². The van der Waals surface area contributed by atoms with Crippen molar-refractivity contribution in [2.24, 2.45) is 0 Å². The molecule has 0 aliphatic carbocycles. The van der Waals surface area contributed by atoms with Crippen molar-refractivity contribution in [3.8, 4) is 5.75 Å². The molecule has 5 nitrogen and oxygen atoms in total. The van der Waals surface area contributed by atoms with Crippen LogP contribution in [0, 0.1) is 10.5 Å². The smallest absolute Gasteiger partial charge is 0.270 e. The minimum absolute atomic E-state index is 0.00245. The van der Waals surface area contributed by atoms with E-state index in [2.05, 4.69) is 5.32 Å². The van der Waals surface area contributed by atoms with Gasteiger partial charge in [-0.1, -0.05) is 23.7 Å². The minimum atomic E-state index is -0.572. The molecule has 0 bridgehead atoms. The predicted molar refractivity (Wildman–Crippen MR) is 113 cm³/mol. The van der Waals surface area contributed by atoms with Crippen molar-refractivity contribution < 1.29 is 14.7 Å². The van der Waals surface area contributed by atoms with Gasteiger partial charge in [0, 0.05) is 5.02 Å². The number of nitrogens with zero attached hydrogens (tertiary/aromatic N) is 1. The molecule has 132 valence electrons. The normalized spacial score (nSPS) is 16.2. The first-order chi connectivity index (χ1) is 12.3. The number of phenolic OH excluding ortho intramolecular Hbond substituents is 1. The van der Waals surface area contributed by atoms with Gasteiger partial charge in [0.1, 0.15) is 11.3 Å². The predicted octanol–water partition coefficient (Wildman–Crippen LogP) is 3.79. The van der Waals surface area contributed by atoms with Crippen molar-refractivity contribution in [1.82, 2.24) is 5.32 Å². The van der Waals surface area contributed by atoms with Gasteiger partial charge < -0.3 is 5.11 Å². The van der Waals surface area contributed by atoms with Crippen molar-refractivity contribution in [1.29, 1.82) is 0 Å². The number of carbonyl (C=O) groups is 2. The van der Waals surface area contributed by atoms with E-state index in [0.717, 1.165) is 5.56 Å². The van der Waals surface area contributed by atoms with Crippen LogP contribution in [0.3, 0.4) is 0 Å². The molecule has 8 heteroatoms. The zero-order chi connectivity index (χ0) is 19.0. The maximum Gasteiger partial charge on any atom is 0.270 e. The molecule has 0 atom stereocenters. The second-order valence-electron chi connectivity index (χ2n) is 5.60. The first kappa shape index (κ1) is 18.8. The first-order valence-corrected chi connectivity index (χ1v) is 9.30. The highest BCUT2D eigenvalue weighted by atomic mass is 127. The van der Waals surface area contributed by atoms with E-state index >= 15 is 0 Å². The molecular weight excluding hydrogens is 487 g/mol.